The van der Waals surface area contributed by atoms with Crippen molar-refractivity contribution in [1.29, 1.82) is 0 Å². The van der Waals surface area contributed by atoms with Crippen molar-refractivity contribution in [2.75, 3.05) is 40.3 Å². The van der Waals surface area contributed by atoms with Crippen molar-refractivity contribution in [3.63, 3.8) is 0 Å². The molecule has 47 heavy (non-hydrogen) atoms. The second-order valence-electron chi connectivity index (χ2n) is 14.4. The highest BCUT2D eigenvalue weighted by Crippen LogP contribution is 2.20. The Morgan fingerprint density at radius 1 is 0.489 bits per heavy atom. The quantitative estimate of drug-likeness (QED) is 0.0311. The molecule has 0 unspecified atom stereocenters. The van der Waals surface area contributed by atoms with E-state index in [0.717, 1.165) is 31.8 Å². The third-order valence-corrected chi connectivity index (χ3v) is 9.24. The van der Waals surface area contributed by atoms with Gasteiger partial charge in [-0.15, -0.1) is 0 Å². The fraction of sp³-hybridized carbons (Fsp3) is 0.860. The van der Waals surface area contributed by atoms with Gasteiger partial charge in [0, 0.05) is 26.1 Å². The fourth-order valence-corrected chi connectivity index (χ4v) is 6.19. The summed E-state index contributed by atoms with van der Waals surface area (Å²) in [6.45, 7) is 9.42. The molecule has 0 rings (SSSR count). The first kappa shape index (κ1) is 45.9. The number of nitrogens with zero attached hydrogens (tertiary/aromatic N) is 2. The highest BCUT2D eigenvalue weighted by atomic mass is 16.5. The highest BCUT2D eigenvalue weighted by molar-refractivity contribution is 5.12. The lowest BCUT2D eigenvalue weighted by molar-refractivity contribution is -0.0792. The molecule has 0 fully saturated rings. The summed E-state index contributed by atoms with van der Waals surface area (Å²) in [7, 11) is 4.22. The number of hydrogen-bond donors (Lipinski definition) is 1. The number of hydrogen-bond acceptors (Lipinski definition) is 4. The van der Waals surface area contributed by atoms with E-state index in [4.69, 9.17) is 4.74 Å². The molecule has 0 aromatic rings. The van der Waals surface area contributed by atoms with Crippen LogP contribution in [0.15, 0.2) is 35.6 Å². The summed E-state index contributed by atoms with van der Waals surface area (Å²) in [5.41, 5.74) is 1.24. The monoisotopic (exact) mass is 661 g/mol. The SMILES string of the molecule is CCCCCCCC/C=C\CCCCCCCCOC(CCCCCCC/C=C\CCCCCCCC)=C(CN(C)C)CN(O)CC. The van der Waals surface area contributed by atoms with E-state index in [1.165, 1.54) is 178 Å². The first-order valence-corrected chi connectivity index (χ1v) is 20.8. The summed E-state index contributed by atoms with van der Waals surface area (Å²) in [6.07, 6.45) is 46.4. The zero-order valence-electron chi connectivity index (χ0n) is 32.7. The molecule has 0 radical (unpaired) electrons. The van der Waals surface area contributed by atoms with Gasteiger partial charge in [-0.2, -0.15) is 5.06 Å². The molecule has 4 heteroatoms. The lowest BCUT2D eigenvalue weighted by atomic mass is 10.1. The number of ether oxygens (including phenoxy) is 1. The molecule has 278 valence electrons. The molecule has 0 spiro atoms. The topological polar surface area (TPSA) is 35.9 Å². The van der Waals surface area contributed by atoms with E-state index in [2.05, 4.69) is 57.1 Å². The van der Waals surface area contributed by atoms with Crippen molar-refractivity contribution < 1.29 is 9.94 Å². The van der Waals surface area contributed by atoms with Crippen molar-refractivity contribution >= 4 is 0 Å². The van der Waals surface area contributed by atoms with E-state index in [0.29, 0.717) is 13.1 Å². The van der Waals surface area contributed by atoms with Gasteiger partial charge in [-0.1, -0.05) is 154 Å². The van der Waals surface area contributed by atoms with E-state index in [9.17, 15) is 5.21 Å². The van der Waals surface area contributed by atoms with Crippen LogP contribution in [0.5, 0.6) is 0 Å². The van der Waals surface area contributed by atoms with Gasteiger partial charge in [0.15, 0.2) is 0 Å². The Labute approximate surface area is 295 Å². The average molecular weight is 661 g/mol. The second-order valence-corrected chi connectivity index (χ2v) is 14.4. The van der Waals surface area contributed by atoms with Crippen molar-refractivity contribution in [2.24, 2.45) is 0 Å². The summed E-state index contributed by atoms with van der Waals surface area (Å²) in [6, 6.07) is 0. The maximum atomic E-state index is 10.3. The molecule has 0 saturated carbocycles. The molecular weight excluding hydrogens is 576 g/mol. The minimum Gasteiger partial charge on any atom is -0.498 e. The number of unbranched alkanes of at least 4 members (excludes halogenated alkanes) is 23. The molecule has 0 aromatic carbocycles. The van der Waals surface area contributed by atoms with Gasteiger partial charge in [-0.25, -0.2) is 0 Å². The van der Waals surface area contributed by atoms with Crippen LogP contribution in [0.2, 0.25) is 0 Å². The molecule has 0 aliphatic heterocycles. The average Bonchev–Trinajstić information content (AvgIpc) is 3.06. The summed E-state index contributed by atoms with van der Waals surface area (Å²) >= 11 is 0. The minimum absolute atomic E-state index is 0.572. The van der Waals surface area contributed by atoms with Gasteiger partial charge in [0.25, 0.3) is 0 Å². The van der Waals surface area contributed by atoms with Crippen molar-refractivity contribution in [3.05, 3.63) is 35.6 Å². The van der Waals surface area contributed by atoms with Crippen LogP contribution in [0.1, 0.15) is 201 Å². The fourth-order valence-electron chi connectivity index (χ4n) is 6.19. The Kier molecular flexibility index (Phi) is 36.8. The molecule has 0 aliphatic carbocycles. The standard InChI is InChI=1S/C43H84N2O2/c1-6-9-11-13-15-17-19-21-23-25-27-29-31-33-35-37-39-47-43(42(40-44(4)5)41-45(46)8-3)38-36-34-32-30-28-26-24-22-20-18-16-14-12-10-7-2/h21-24,46H,6-20,25-41H2,1-5H3/b23-21-,24-22-,43-42?. The number of hydroxylamine groups is 2. The van der Waals surface area contributed by atoms with Crippen molar-refractivity contribution in [2.45, 2.75) is 201 Å². The van der Waals surface area contributed by atoms with Gasteiger partial charge in [-0.3, -0.25) is 0 Å². The van der Waals surface area contributed by atoms with Crippen LogP contribution in [-0.4, -0.2) is 55.5 Å². The summed E-state index contributed by atoms with van der Waals surface area (Å²) < 4.78 is 6.49. The first-order chi connectivity index (χ1) is 23.0. The molecule has 0 amide bonds. The lowest BCUT2D eigenvalue weighted by Crippen LogP contribution is -2.28. The zero-order valence-corrected chi connectivity index (χ0v) is 32.7. The molecular formula is C43H84N2O2. The van der Waals surface area contributed by atoms with Crippen LogP contribution in [0.4, 0.5) is 0 Å². The van der Waals surface area contributed by atoms with Crippen LogP contribution in [-0.2, 0) is 4.74 Å². The molecule has 0 saturated heterocycles. The summed E-state index contributed by atoms with van der Waals surface area (Å²) in [5, 5.41) is 11.8. The number of likely N-dealkylation sites (N-methyl/N-ethyl adjacent to an activating group) is 2. The molecule has 4 nitrogen and oxygen atoms in total. The van der Waals surface area contributed by atoms with Gasteiger partial charge >= 0.3 is 0 Å². The van der Waals surface area contributed by atoms with Crippen LogP contribution in [0, 0.1) is 0 Å². The van der Waals surface area contributed by atoms with E-state index in [-0.39, 0.29) is 0 Å². The molecule has 0 aliphatic rings. The summed E-state index contributed by atoms with van der Waals surface area (Å²) in [4.78, 5) is 2.20. The maximum absolute atomic E-state index is 10.3. The smallest absolute Gasteiger partial charge is 0.0978 e. The first-order valence-electron chi connectivity index (χ1n) is 20.8. The molecule has 0 atom stereocenters. The van der Waals surface area contributed by atoms with Gasteiger partial charge in [0.05, 0.1) is 12.4 Å². The van der Waals surface area contributed by atoms with E-state index in [1.54, 1.807) is 0 Å². The predicted octanol–water partition coefficient (Wildman–Crippen LogP) is 13.6. The van der Waals surface area contributed by atoms with Crippen LogP contribution >= 0.6 is 0 Å². The van der Waals surface area contributed by atoms with Gasteiger partial charge in [0.2, 0.25) is 0 Å². The van der Waals surface area contributed by atoms with E-state index in [1.807, 2.05) is 6.92 Å². The minimum atomic E-state index is 0.572. The third-order valence-electron chi connectivity index (χ3n) is 9.24. The van der Waals surface area contributed by atoms with Crippen molar-refractivity contribution in [3.8, 4) is 0 Å². The van der Waals surface area contributed by atoms with Crippen LogP contribution in [0.3, 0.4) is 0 Å². The van der Waals surface area contributed by atoms with E-state index < -0.39 is 0 Å². The maximum Gasteiger partial charge on any atom is 0.0978 e. The molecule has 0 aromatic heterocycles. The van der Waals surface area contributed by atoms with Gasteiger partial charge in [0.1, 0.15) is 0 Å². The molecule has 1 N–H and O–H groups in total. The number of allylic oxidation sites excluding steroid dienone is 5. The zero-order chi connectivity index (χ0) is 34.5. The Bertz CT molecular complexity index is 715. The van der Waals surface area contributed by atoms with Gasteiger partial charge in [-0.05, 0) is 83.9 Å². The Morgan fingerprint density at radius 3 is 1.28 bits per heavy atom. The van der Waals surface area contributed by atoms with Crippen molar-refractivity contribution in [1.82, 2.24) is 9.96 Å². The largest absolute Gasteiger partial charge is 0.498 e. The number of rotatable bonds is 37. The van der Waals surface area contributed by atoms with Crippen LogP contribution in [0.25, 0.3) is 0 Å². The van der Waals surface area contributed by atoms with E-state index >= 15 is 0 Å². The second kappa shape index (κ2) is 37.7. The Morgan fingerprint density at radius 2 is 0.872 bits per heavy atom. The molecule has 0 bridgehead atoms. The molecule has 0 heterocycles. The Balaban J connectivity index is 4.25. The lowest BCUT2D eigenvalue weighted by Gasteiger charge is -2.23. The highest BCUT2D eigenvalue weighted by Gasteiger charge is 2.13. The third kappa shape index (κ3) is 34.6. The normalized spacial score (nSPS) is 12.8. The summed E-state index contributed by atoms with van der Waals surface area (Å²) in [5.74, 6) is 1.14. The van der Waals surface area contributed by atoms with Gasteiger partial charge < -0.3 is 14.8 Å². The predicted molar refractivity (Wildman–Crippen MR) is 209 cm³/mol. The van der Waals surface area contributed by atoms with Crippen LogP contribution < -0.4 is 0 Å². The Hall–Kier alpha value is -1.10.